The number of hydrogen-bond donors (Lipinski definition) is 2. The van der Waals surface area contributed by atoms with E-state index in [2.05, 4.69) is 10.6 Å². The summed E-state index contributed by atoms with van der Waals surface area (Å²) in [6.07, 6.45) is 0. The third-order valence-corrected chi connectivity index (χ3v) is 3.93. The quantitative estimate of drug-likeness (QED) is 0.827. The average molecular weight is 364 g/mol. The molecule has 0 saturated carbocycles. The van der Waals surface area contributed by atoms with E-state index in [4.69, 9.17) is 11.6 Å². The molecule has 25 heavy (non-hydrogen) atoms. The lowest BCUT2D eigenvalue weighted by atomic mass is 10.2. The first kappa shape index (κ1) is 18.9. The Morgan fingerprint density at radius 2 is 1.56 bits per heavy atom. The predicted molar refractivity (Wildman–Crippen MR) is 97.2 cm³/mol. The van der Waals surface area contributed by atoms with E-state index in [0.29, 0.717) is 16.4 Å². The Hall–Kier alpha value is -2.44. The number of nitrogens with zero attached hydrogens (tertiary/aromatic N) is 1. The molecule has 0 aliphatic carbocycles. The first-order valence-electron chi connectivity index (χ1n) is 7.67. The molecule has 2 aromatic carbocycles. The van der Waals surface area contributed by atoms with Crippen LogP contribution in [0.1, 0.15) is 6.92 Å². The Bertz CT molecular complexity index is 735. The second-order valence-corrected chi connectivity index (χ2v) is 6.08. The zero-order chi connectivity index (χ0) is 18.4. The molecule has 0 radical (unpaired) electrons. The molecule has 2 aromatic rings. The topological polar surface area (TPSA) is 61.4 Å². The van der Waals surface area contributed by atoms with Crippen molar-refractivity contribution in [2.45, 2.75) is 13.0 Å². The Labute approximate surface area is 150 Å². The fourth-order valence-corrected chi connectivity index (χ4v) is 2.20. The van der Waals surface area contributed by atoms with E-state index in [1.165, 1.54) is 24.3 Å². The molecule has 2 rings (SSSR count). The number of nitrogens with one attached hydrogen (secondary N) is 2. The molecule has 0 aromatic heterocycles. The second-order valence-electron chi connectivity index (χ2n) is 5.64. The van der Waals surface area contributed by atoms with Crippen LogP contribution in [0.25, 0.3) is 0 Å². The lowest BCUT2D eigenvalue weighted by Gasteiger charge is -2.23. The van der Waals surface area contributed by atoms with Gasteiger partial charge in [-0.05, 0) is 62.5 Å². The lowest BCUT2D eigenvalue weighted by molar-refractivity contribution is -0.122. The van der Waals surface area contributed by atoms with Gasteiger partial charge in [-0.15, -0.1) is 0 Å². The SMILES string of the molecule is C[C@@H](C(=O)Nc1ccc(Cl)cc1)N(C)CC(=O)Nc1ccc(F)cc1. The first-order chi connectivity index (χ1) is 11.8. The average Bonchev–Trinajstić information content (AvgIpc) is 2.58. The highest BCUT2D eigenvalue weighted by Gasteiger charge is 2.20. The summed E-state index contributed by atoms with van der Waals surface area (Å²) < 4.78 is 12.9. The third kappa shape index (κ3) is 5.85. The molecule has 0 spiro atoms. The van der Waals surface area contributed by atoms with Crippen LogP contribution in [0.15, 0.2) is 48.5 Å². The highest BCUT2D eigenvalue weighted by atomic mass is 35.5. The number of rotatable bonds is 6. The summed E-state index contributed by atoms with van der Waals surface area (Å²) in [6.45, 7) is 1.73. The van der Waals surface area contributed by atoms with E-state index in [-0.39, 0.29) is 24.2 Å². The van der Waals surface area contributed by atoms with Crippen LogP contribution in [0.3, 0.4) is 0 Å². The molecule has 132 valence electrons. The van der Waals surface area contributed by atoms with Gasteiger partial charge in [-0.25, -0.2) is 4.39 Å². The van der Waals surface area contributed by atoms with Crippen LogP contribution in [0.5, 0.6) is 0 Å². The molecular weight excluding hydrogens is 345 g/mol. The molecule has 2 amide bonds. The minimum absolute atomic E-state index is 0.0204. The number of anilines is 2. The van der Waals surface area contributed by atoms with E-state index in [1.807, 2.05) is 0 Å². The number of halogens is 2. The van der Waals surface area contributed by atoms with Crippen molar-refractivity contribution in [2.24, 2.45) is 0 Å². The van der Waals surface area contributed by atoms with Gasteiger partial charge in [0.25, 0.3) is 0 Å². The largest absolute Gasteiger partial charge is 0.325 e. The molecule has 0 fully saturated rings. The van der Waals surface area contributed by atoms with Crippen molar-refractivity contribution in [1.29, 1.82) is 0 Å². The van der Waals surface area contributed by atoms with Crippen molar-refractivity contribution in [3.05, 3.63) is 59.4 Å². The third-order valence-electron chi connectivity index (χ3n) is 3.67. The summed E-state index contributed by atoms with van der Waals surface area (Å²) >= 11 is 5.81. The number of benzene rings is 2. The van der Waals surface area contributed by atoms with Gasteiger partial charge in [0, 0.05) is 16.4 Å². The van der Waals surface area contributed by atoms with Crippen LogP contribution in [-0.2, 0) is 9.59 Å². The summed E-state index contributed by atoms with van der Waals surface area (Å²) in [5.41, 5.74) is 1.13. The van der Waals surface area contributed by atoms with Gasteiger partial charge in [-0.3, -0.25) is 14.5 Å². The zero-order valence-electron chi connectivity index (χ0n) is 13.9. The summed E-state index contributed by atoms with van der Waals surface area (Å²) in [5, 5.41) is 6.01. The van der Waals surface area contributed by atoms with Gasteiger partial charge in [0.05, 0.1) is 12.6 Å². The smallest absolute Gasteiger partial charge is 0.241 e. The van der Waals surface area contributed by atoms with Crippen LogP contribution in [-0.4, -0.2) is 36.3 Å². The Balaban J connectivity index is 1.86. The minimum Gasteiger partial charge on any atom is -0.325 e. The van der Waals surface area contributed by atoms with Gasteiger partial charge in [-0.2, -0.15) is 0 Å². The Kier molecular flexibility index (Phi) is 6.50. The van der Waals surface area contributed by atoms with Gasteiger partial charge in [0.2, 0.25) is 11.8 Å². The monoisotopic (exact) mass is 363 g/mol. The zero-order valence-corrected chi connectivity index (χ0v) is 14.7. The number of carbonyl (C=O) groups is 2. The number of carbonyl (C=O) groups excluding carboxylic acids is 2. The number of amides is 2. The van der Waals surface area contributed by atoms with Crippen molar-refractivity contribution in [2.75, 3.05) is 24.2 Å². The van der Waals surface area contributed by atoms with E-state index >= 15 is 0 Å². The number of hydrogen-bond acceptors (Lipinski definition) is 3. The summed E-state index contributed by atoms with van der Waals surface area (Å²) in [7, 11) is 1.68. The molecule has 0 saturated heterocycles. The Morgan fingerprint density at radius 3 is 2.16 bits per heavy atom. The highest BCUT2D eigenvalue weighted by Crippen LogP contribution is 2.14. The molecule has 0 aliphatic rings. The summed E-state index contributed by atoms with van der Waals surface area (Å²) in [5.74, 6) is -0.901. The molecule has 0 heterocycles. The van der Waals surface area contributed by atoms with E-state index < -0.39 is 6.04 Å². The molecule has 2 N–H and O–H groups in total. The lowest BCUT2D eigenvalue weighted by Crippen LogP contribution is -2.43. The van der Waals surface area contributed by atoms with E-state index in [9.17, 15) is 14.0 Å². The second kappa shape index (κ2) is 8.60. The molecule has 0 bridgehead atoms. The van der Waals surface area contributed by atoms with E-state index in [0.717, 1.165) is 0 Å². The minimum atomic E-state index is -0.519. The molecule has 1 atom stereocenters. The summed E-state index contributed by atoms with van der Waals surface area (Å²) in [6, 6.07) is 11.7. The fourth-order valence-electron chi connectivity index (χ4n) is 2.08. The van der Waals surface area contributed by atoms with Gasteiger partial charge in [0.15, 0.2) is 0 Å². The maximum Gasteiger partial charge on any atom is 0.241 e. The maximum atomic E-state index is 12.9. The van der Waals surface area contributed by atoms with Crippen LogP contribution in [0, 0.1) is 5.82 Å². The molecule has 5 nitrogen and oxygen atoms in total. The van der Waals surface area contributed by atoms with Crippen molar-refractivity contribution < 1.29 is 14.0 Å². The maximum absolute atomic E-state index is 12.9. The number of likely N-dealkylation sites (N-methyl/N-ethyl adjacent to an activating group) is 1. The van der Waals surface area contributed by atoms with Crippen LogP contribution in [0.4, 0.5) is 15.8 Å². The van der Waals surface area contributed by atoms with Gasteiger partial charge in [0.1, 0.15) is 5.82 Å². The Morgan fingerprint density at radius 1 is 1.04 bits per heavy atom. The van der Waals surface area contributed by atoms with Crippen LogP contribution in [0.2, 0.25) is 5.02 Å². The molecular formula is C18H19ClFN3O2. The van der Waals surface area contributed by atoms with Crippen molar-refractivity contribution in [3.63, 3.8) is 0 Å². The van der Waals surface area contributed by atoms with E-state index in [1.54, 1.807) is 43.1 Å². The van der Waals surface area contributed by atoms with Gasteiger partial charge in [-0.1, -0.05) is 11.6 Å². The van der Waals surface area contributed by atoms with Crippen molar-refractivity contribution >= 4 is 34.8 Å². The van der Waals surface area contributed by atoms with Gasteiger partial charge < -0.3 is 10.6 Å². The van der Waals surface area contributed by atoms with Crippen molar-refractivity contribution in [1.82, 2.24) is 4.90 Å². The van der Waals surface area contributed by atoms with Crippen molar-refractivity contribution in [3.8, 4) is 0 Å². The highest BCUT2D eigenvalue weighted by molar-refractivity contribution is 6.30. The molecule has 0 unspecified atom stereocenters. The van der Waals surface area contributed by atoms with Crippen LogP contribution >= 0.6 is 11.6 Å². The molecule has 7 heteroatoms. The van der Waals surface area contributed by atoms with Crippen LogP contribution < -0.4 is 10.6 Å². The summed E-state index contributed by atoms with van der Waals surface area (Å²) in [4.78, 5) is 25.9. The first-order valence-corrected chi connectivity index (χ1v) is 8.05. The standard InChI is InChI=1S/C18H19ClFN3O2/c1-12(18(25)22-16-7-3-13(19)4-8-16)23(2)11-17(24)21-15-9-5-14(20)6-10-15/h3-10,12H,11H2,1-2H3,(H,21,24)(H,22,25)/t12-/m0/s1. The normalized spacial score (nSPS) is 11.9. The fraction of sp³-hybridized carbons (Fsp3) is 0.222. The molecule has 0 aliphatic heterocycles. The van der Waals surface area contributed by atoms with Gasteiger partial charge >= 0.3 is 0 Å². The predicted octanol–water partition coefficient (Wildman–Crippen LogP) is 3.38.